The van der Waals surface area contributed by atoms with Crippen LogP contribution >= 0.6 is 0 Å². The molecule has 228 valence electrons. The highest BCUT2D eigenvalue weighted by Gasteiger charge is 2.37. The normalized spacial score (nSPS) is 11.4. The second kappa shape index (κ2) is 19.5. The molecular weight excluding hydrogens is 536 g/mol. The third-order valence-corrected chi connectivity index (χ3v) is 4.90. The third-order valence-electron chi connectivity index (χ3n) is 4.90. The molecule has 0 aliphatic heterocycles. The molecule has 0 spiro atoms. The van der Waals surface area contributed by atoms with Crippen LogP contribution in [0.25, 0.3) is 0 Å². The van der Waals surface area contributed by atoms with Crippen molar-refractivity contribution in [2.45, 2.75) is 41.5 Å². The molecule has 0 radical (unpaired) electrons. The summed E-state index contributed by atoms with van der Waals surface area (Å²) in [6.45, 7) is 5.96. The lowest BCUT2D eigenvalue weighted by Crippen LogP contribution is -2.43. The van der Waals surface area contributed by atoms with Crippen LogP contribution in [0, 0.1) is 10.8 Å². The van der Waals surface area contributed by atoms with E-state index >= 15 is 0 Å². The molecule has 0 unspecified atom stereocenters. The standard InChI is InChI=1S/C26H40O14/c1-19(27)35-13-25(14-36-20(2)28,15-37-21(3)29)11-33-9-7-8-10-34-12-26(16-38-22(4)30,17-39-23(5)31)18-40-24(6)32/h7-8H,9-18H2,1-6H3/b8-7+. The van der Waals surface area contributed by atoms with Crippen LogP contribution in [-0.2, 0) is 66.7 Å². The summed E-state index contributed by atoms with van der Waals surface area (Å²) in [5, 5.41) is 0. The average Bonchev–Trinajstić information content (AvgIpc) is 2.86. The van der Waals surface area contributed by atoms with Crippen molar-refractivity contribution in [1.29, 1.82) is 0 Å². The van der Waals surface area contributed by atoms with Crippen LogP contribution in [0.4, 0.5) is 0 Å². The van der Waals surface area contributed by atoms with Gasteiger partial charge in [0.1, 0.15) is 39.6 Å². The van der Waals surface area contributed by atoms with Crippen molar-refractivity contribution in [3.8, 4) is 0 Å². The Hall–Kier alpha value is -3.52. The molecule has 0 saturated carbocycles. The summed E-state index contributed by atoms with van der Waals surface area (Å²) in [6, 6.07) is 0. The third kappa shape index (κ3) is 18.7. The summed E-state index contributed by atoms with van der Waals surface area (Å²) in [5.74, 6) is -3.42. The molecule has 0 amide bonds. The van der Waals surface area contributed by atoms with Gasteiger partial charge in [0.2, 0.25) is 0 Å². The van der Waals surface area contributed by atoms with E-state index in [-0.39, 0.29) is 66.1 Å². The Morgan fingerprint density at radius 2 is 0.600 bits per heavy atom. The Bertz CT molecular complexity index is 718. The van der Waals surface area contributed by atoms with E-state index < -0.39 is 46.6 Å². The van der Waals surface area contributed by atoms with Crippen molar-refractivity contribution in [3.63, 3.8) is 0 Å². The molecule has 0 bridgehead atoms. The average molecular weight is 577 g/mol. The van der Waals surface area contributed by atoms with E-state index in [0.29, 0.717) is 0 Å². The smallest absolute Gasteiger partial charge is 0.302 e. The monoisotopic (exact) mass is 576 g/mol. The Kier molecular flexibility index (Phi) is 17.8. The van der Waals surface area contributed by atoms with E-state index in [1.807, 2.05) is 0 Å². The molecule has 0 rings (SSSR count). The first-order chi connectivity index (χ1) is 18.7. The molecule has 0 aromatic heterocycles. The molecule has 0 atom stereocenters. The number of ether oxygens (including phenoxy) is 8. The molecule has 0 saturated heterocycles. The van der Waals surface area contributed by atoms with Gasteiger partial charge in [-0.05, 0) is 0 Å². The zero-order chi connectivity index (χ0) is 30.6. The van der Waals surface area contributed by atoms with Gasteiger partial charge in [-0.25, -0.2) is 0 Å². The fourth-order valence-corrected chi connectivity index (χ4v) is 2.85. The van der Waals surface area contributed by atoms with Crippen molar-refractivity contribution < 1.29 is 66.7 Å². The number of hydrogen-bond donors (Lipinski definition) is 0. The topological polar surface area (TPSA) is 176 Å². The fraction of sp³-hybridized carbons (Fsp3) is 0.692. The fourth-order valence-electron chi connectivity index (χ4n) is 2.85. The highest BCUT2D eigenvalue weighted by Crippen LogP contribution is 2.22. The minimum Gasteiger partial charge on any atom is -0.465 e. The van der Waals surface area contributed by atoms with Gasteiger partial charge >= 0.3 is 35.8 Å². The van der Waals surface area contributed by atoms with Gasteiger partial charge in [0.15, 0.2) is 0 Å². The zero-order valence-corrected chi connectivity index (χ0v) is 23.9. The molecule has 0 aliphatic carbocycles. The van der Waals surface area contributed by atoms with E-state index in [2.05, 4.69) is 0 Å². The Morgan fingerprint density at radius 1 is 0.400 bits per heavy atom. The molecule has 0 aromatic rings. The van der Waals surface area contributed by atoms with Crippen LogP contribution < -0.4 is 0 Å². The molecule has 14 heteroatoms. The lowest BCUT2D eigenvalue weighted by molar-refractivity contribution is -0.166. The molecule has 40 heavy (non-hydrogen) atoms. The molecule has 0 aliphatic rings. The van der Waals surface area contributed by atoms with Crippen molar-refractivity contribution in [1.82, 2.24) is 0 Å². The SMILES string of the molecule is CC(=O)OCC(COC/C=C/COCC(COC(C)=O)(COC(C)=O)COC(C)=O)(COC(C)=O)COC(C)=O. The van der Waals surface area contributed by atoms with Crippen LogP contribution in [-0.4, -0.2) is 102 Å². The lowest BCUT2D eigenvalue weighted by atomic mass is 9.92. The van der Waals surface area contributed by atoms with Gasteiger partial charge in [-0.1, -0.05) is 12.2 Å². The van der Waals surface area contributed by atoms with Crippen molar-refractivity contribution >= 4 is 35.8 Å². The van der Waals surface area contributed by atoms with E-state index in [9.17, 15) is 28.8 Å². The van der Waals surface area contributed by atoms with Crippen LogP contribution in [0.1, 0.15) is 41.5 Å². The summed E-state index contributed by atoms with van der Waals surface area (Å²) in [7, 11) is 0. The van der Waals surface area contributed by atoms with E-state index in [1.165, 1.54) is 41.5 Å². The van der Waals surface area contributed by atoms with Gasteiger partial charge < -0.3 is 37.9 Å². The first kappa shape index (κ1) is 36.5. The minimum atomic E-state index is -1.13. The van der Waals surface area contributed by atoms with Crippen LogP contribution in [0.15, 0.2) is 12.2 Å². The first-order valence-electron chi connectivity index (χ1n) is 12.3. The summed E-state index contributed by atoms with van der Waals surface area (Å²) in [6.07, 6.45) is 3.25. The van der Waals surface area contributed by atoms with Crippen molar-refractivity contribution in [2.24, 2.45) is 10.8 Å². The molecule has 0 aromatic carbocycles. The second-order valence-electron chi connectivity index (χ2n) is 9.18. The molecule has 0 fully saturated rings. The highest BCUT2D eigenvalue weighted by atomic mass is 16.6. The summed E-state index contributed by atoms with van der Waals surface area (Å²) in [5.41, 5.74) is -2.26. The van der Waals surface area contributed by atoms with Gasteiger partial charge in [0.05, 0.1) is 37.3 Å². The number of carbonyl (C=O) groups excluding carboxylic acids is 6. The maximum Gasteiger partial charge on any atom is 0.302 e. The van der Waals surface area contributed by atoms with E-state index in [4.69, 9.17) is 37.9 Å². The van der Waals surface area contributed by atoms with Gasteiger partial charge in [0, 0.05) is 41.5 Å². The summed E-state index contributed by atoms with van der Waals surface area (Å²) >= 11 is 0. The van der Waals surface area contributed by atoms with Gasteiger partial charge in [-0.15, -0.1) is 0 Å². The molecular formula is C26H40O14. The zero-order valence-electron chi connectivity index (χ0n) is 23.9. The van der Waals surface area contributed by atoms with Gasteiger partial charge in [0.25, 0.3) is 0 Å². The van der Waals surface area contributed by atoms with Crippen LogP contribution in [0.3, 0.4) is 0 Å². The predicted octanol–water partition coefficient (Wildman–Crippen LogP) is 0.927. The maximum atomic E-state index is 11.4. The van der Waals surface area contributed by atoms with Crippen molar-refractivity contribution in [2.75, 3.05) is 66.1 Å². The summed E-state index contributed by atoms with van der Waals surface area (Å²) < 4.78 is 41.8. The Labute approximate surface area is 233 Å². The largest absolute Gasteiger partial charge is 0.465 e. The Balaban J connectivity index is 5.15. The quantitative estimate of drug-likeness (QED) is 0.0865. The highest BCUT2D eigenvalue weighted by molar-refractivity contribution is 5.68. The lowest BCUT2D eigenvalue weighted by Gasteiger charge is -2.31. The minimum absolute atomic E-state index is 0.0742. The van der Waals surface area contributed by atoms with Gasteiger partial charge in [-0.2, -0.15) is 0 Å². The number of esters is 6. The number of rotatable bonds is 20. The van der Waals surface area contributed by atoms with E-state index in [1.54, 1.807) is 12.2 Å². The Morgan fingerprint density at radius 3 is 0.775 bits per heavy atom. The molecule has 0 N–H and O–H groups in total. The first-order valence-corrected chi connectivity index (χ1v) is 12.3. The van der Waals surface area contributed by atoms with E-state index in [0.717, 1.165) is 0 Å². The van der Waals surface area contributed by atoms with Crippen LogP contribution in [0.5, 0.6) is 0 Å². The number of hydrogen-bond acceptors (Lipinski definition) is 14. The molecule has 0 heterocycles. The predicted molar refractivity (Wildman–Crippen MR) is 135 cm³/mol. The van der Waals surface area contributed by atoms with Crippen LogP contribution in [0.2, 0.25) is 0 Å². The molecule has 14 nitrogen and oxygen atoms in total. The number of carbonyl (C=O) groups is 6. The second-order valence-corrected chi connectivity index (χ2v) is 9.18. The van der Waals surface area contributed by atoms with Gasteiger partial charge in [-0.3, -0.25) is 28.8 Å². The van der Waals surface area contributed by atoms with Crippen molar-refractivity contribution in [3.05, 3.63) is 12.2 Å². The summed E-state index contributed by atoms with van der Waals surface area (Å²) in [4.78, 5) is 68.2. The maximum absolute atomic E-state index is 11.4.